The molecule has 1 saturated heterocycles. The van der Waals surface area contributed by atoms with E-state index in [4.69, 9.17) is 0 Å². The van der Waals surface area contributed by atoms with Crippen molar-refractivity contribution in [3.8, 4) is 0 Å². The largest absolute Gasteiger partial charge is 0.326 e. The van der Waals surface area contributed by atoms with Crippen molar-refractivity contribution in [2.45, 2.75) is 19.3 Å². The lowest BCUT2D eigenvalue weighted by molar-refractivity contribution is -0.384. The number of nitro benzene ring substituents is 1. The van der Waals surface area contributed by atoms with E-state index in [0.717, 1.165) is 4.90 Å². The zero-order valence-corrected chi connectivity index (χ0v) is 13.4. The van der Waals surface area contributed by atoms with Gasteiger partial charge in [-0.1, -0.05) is 18.2 Å². The summed E-state index contributed by atoms with van der Waals surface area (Å²) in [7, 11) is 0. The number of nitro groups is 1. The molecule has 1 N–H and O–H groups in total. The average molecular weight is 343 g/mol. The number of hydrogen-bond donors (Lipinski definition) is 1. The van der Waals surface area contributed by atoms with Crippen LogP contribution in [-0.2, 0) is 14.4 Å². The van der Waals surface area contributed by atoms with Crippen molar-refractivity contribution >= 4 is 29.1 Å². The Morgan fingerprint density at radius 3 is 2.44 bits per heavy atom. The fourth-order valence-corrected chi connectivity index (χ4v) is 3.22. The zero-order valence-electron chi connectivity index (χ0n) is 13.4. The number of fused-ring (bicyclic) bond motifs is 1. The molecule has 1 aliphatic carbocycles. The third kappa shape index (κ3) is 3.42. The van der Waals surface area contributed by atoms with E-state index in [1.165, 1.54) is 24.3 Å². The number of anilines is 1. The highest BCUT2D eigenvalue weighted by Crippen LogP contribution is 2.35. The summed E-state index contributed by atoms with van der Waals surface area (Å²) in [6.45, 7) is 0.0193. The lowest BCUT2D eigenvalue weighted by Gasteiger charge is -2.14. The maximum absolute atomic E-state index is 12.3. The number of rotatable bonds is 5. The molecule has 1 aliphatic heterocycles. The summed E-state index contributed by atoms with van der Waals surface area (Å²) in [4.78, 5) is 48.0. The summed E-state index contributed by atoms with van der Waals surface area (Å²) < 4.78 is 0. The number of carbonyl (C=O) groups excluding carboxylic acids is 3. The molecule has 1 aromatic rings. The molecule has 130 valence electrons. The van der Waals surface area contributed by atoms with Crippen LogP contribution in [0.4, 0.5) is 11.4 Å². The normalized spacial score (nSPS) is 22.0. The quantitative estimate of drug-likeness (QED) is 0.380. The first-order chi connectivity index (χ1) is 12.0. The summed E-state index contributed by atoms with van der Waals surface area (Å²) in [6.07, 6.45) is 4.89. The minimum absolute atomic E-state index is 0.0193. The number of allylic oxidation sites excluding steroid dienone is 2. The lowest BCUT2D eigenvalue weighted by atomic mass is 9.85. The number of nitrogens with one attached hydrogen (secondary N) is 1. The first kappa shape index (κ1) is 16.8. The third-order valence-corrected chi connectivity index (χ3v) is 4.50. The van der Waals surface area contributed by atoms with Gasteiger partial charge in [-0.3, -0.25) is 29.4 Å². The van der Waals surface area contributed by atoms with Crippen LogP contribution < -0.4 is 5.32 Å². The van der Waals surface area contributed by atoms with Crippen LogP contribution >= 0.6 is 0 Å². The average Bonchev–Trinajstić information content (AvgIpc) is 2.85. The van der Waals surface area contributed by atoms with E-state index < -0.39 is 10.8 Å². The molecule has 3 rings (SSSR count). The van der Waals surface area contributed by atoms with Crippen LogP contribution in [0.2, 0.25) is 0 Å². The Hall–Kier alpha value is -3.03. The van der Waals surface area contributed by atoms with E-state index in [2.05, 4.69) is 5.32 Å². The van der Waals surface area contributed by atoms with E-state index in [1.54, 1.807) is 0 Å². The Bertz CT molecular complexity index is 747. The number of nitrogens with zero attached hydrogens (tertiary/aromatic N) is 2. The highest BCUT2D eigenvalue weighted by atomic mass is 16.6. The fraction of sp³-hybridized carbons (Fsp3) is 0.353. The molecule has 8 heteroatoms. The van der Waals surface area contributed by atoms with Gasteiger partial charge in [-0.25, -0.2) is 0 Å². The van der Waals surface area contributed by atoms with Crippen LogP contribution in [0.3, 0.4) is 0 Å². The van der Waals surface area contributed by atoms with Crippen LogP contribution in [0.25, 0.3) is 0 Å². The second-order valence-corrected chi connectivity index (χ2v) is 6.09. The van der Waals surface area contributed by atoms with Crippen molar-refractivity contribution < 1.29 is 19.3 Å². The fourth-order valence-electron chi connectivity index (χ4n) is 3.22. The van der Waals surface area contributed by atoms with Crippen molar-refractivity contribution in [3.63, 3.8) is 0 Å². The number of non-ortho nitro benzene ring substituents is 1. The molecule has 0 radical (unpaired) electrons. The van der Waals surface area contributed by atoms with E-state index in [1.807, 2.05) is 12.2 Å². The highest BCUT2D eigenvalue weighted by Gasteiger charge is 2.46. The number of benzene rings is 1. The smallest absolute Gasteiger partial charge is 0.271 e. The summed E-state index contributed by atoms with van der Waals surface area (Å²) in [5.41, 5.74) is 0.176. The Morgan fingerprint density at radius 1 is 1.20 bits per heavy atom. The lowest BCUT2D eigenvalue weighted by Crippen LogP contribution is -2.34. The molecule has 0 unspecified atom stereocenters. The topological polar surface area (TPSA) is 110 Å². The van der Waals surface area contributed by atoms with E-state index >= 15 is 0 Å². The second kappa shape index (κ2) is 6.84. The molecule has 0 saturated carbocycles. The van der Waals surface area contributed by atoms with Crippen molar-refractivity contribution in [2.24, 2.45) is 11.8 Å². The molecule has 1 fully saturated rings. The highest BCUT2D eigenvalue weighted by molar-refractivity contribution is 6.05. The molecule has 25 heavy (non-hydrogen) atoms. The zero-order chi connectivity index (χ0) is 18.0. The Labute approximate surface area is 143 Å². The van der Waals surface area contributed by atoms with Crippen molar-refractivity contribution in [3.05, 3.63) is 46.5 Å². The molecule has 2 aliphatic rings. The molecule has 1 aromatic carbocycles. The Kier molecular flexibility index (Phi) is 4.60. The summed E-state index contributed by atoms with van der Waals surface area (Å²) in [6, 6.07) is 5.59. The van der Waals surface area contributed by atoms with Gasteiger partial charge in [0.1, 0.15) is 0 Å². The summed E-state index contributed by atoms with van der Waals surface area (Å²) >= 11 is 0. The third-order valence-electron chi connectivity index (χ3n) is 4.50. The van der Waals surface area contributed by atoms with Gasteiger partial charge in [-0.05, 0) is 18.9 Å². The van der Waals surface area contributed by atoms with Crippen LogP contribution in [-0.4, -0.2) is 34.1 Å². The monoisotopic (exact) mass is 343 g/mol. The first-order valence-electron chi connectivity index (χ1n) is 8.02. The van der Waals surface area contributed by atoms with Crippen molar-refractivity contribution in [1.29, 1.82) is 0 Å². The van der Waals surface area contributed by atoms with Gasteiger partial charge in [0.05, 0.1) is 16.8 Å². The molecule has 0 bridgehead atoms. The Balaban J connectivity index is 1.58. The van der Waals surface area contributed by atoms with Gasteiger partial charge in [0, 0.05) is 30.8 Å². The van der Waals surface area contributed by atoms with Crippen LogP contribution in [0.1, 0.15) is 19.3 Å². The van der Waals surface area contributed by atoms with Gasteiger partial charge >= 0.3 is 0 Å². The number of amides is 3. The van der Waals surface area contributed by atoms with Gasteiger partial charge < -0.3 is 5.32 Å². The molecule has 0 aromatic heterocycles. The standard InChI is InChI=1S/C17H17N3O5/c21-15(18-11-4-3-5-12(10-11)20(24)25)8-9-19-16(22)13-6-1-2-7-14(13)17(19)23/h1-5,10,13-14H,6-9H2,(H,18,21)/t13-,14-/m1/s1. The number of hydrogen-bond acceptors (Lipinski definition) is 5. The van der Waals surface area contributed by atoms with Gasteiger partial charge in [0.25, 0.3) is 5.69 Å². The molecule has 3 amide bonds. The predicted octanol–water partition coefficient (Wildman–Crippen LogP) is 1.87. The number of carbonyl (C=O) groups is 3. The first-order valence-corrected chi connectivity index (χ1v) is 8.02. The molecule has 2 atom stereocenters. The van der Waals surface area contributed by atoms with Crippen LogP contribution in [0.15, 0.2) is 36.4 Å². The van der Waals surface area contributed by atoms with Crippen LogP contribution in [0.5, 0.6) is 0 Å². The maximum atomic E-state index is 12.3. The van der Waals surface area contributed by atoms with Crippen molar-refractivity contribution in [2.75, 3.05) is 11.9 Å². The number of likely N-dealkylation sites (tertiary alicyclic amines) is 1. The van der Waals surface area contributed by atoms with E-state index in [-0.39, 0.29) is 42.3 Å². The van der Waals surface area contributed by atoms with Gasteiger partial charge in [-0.2, -0.15) is 0 Å². The van der Waals surface area contributed by atoms with Gasteiger partial charge in [-0.15, -0.1) is 0 Å². The van der Waals surface area contributed by atoms with Gasteiger partial charge in [0.15, 0.2) is 0 Å². The second-order valence-electron chi connectivity index (χ2n) is 6.09. The van der Waals surface area contributed by atoms with E-state index in [0.29, 0.717) is 18.5 Å². The minimum atomic E-state index is -0.549. The SMILES string of the molecule is O=C(CCN1C(=O)[C@@H]2CC=CC[C@H]2C1=O)Nc1cccc([N+](=O)[O-])c1. The molecule has 1 heterocycles. The van der Waals surface area contributed by atoms with E-state index in [9.17, 15) is 24.5 Å². The van der Waals surface area contributed by atoms with Crippen LogP contribution in [0, 0.1) is 22.0 Å². The Morgan fingerprint density at radius 2 is 1.84 bits per heavy atom. The molecule has 8 nitrogen and oxygen atoms in total. The molecule has 0 spiro atoms. The maximum Gasteiger partial charge on any atom is 0.271 e. The predicted molar refractivity (Wildman–Crippen MR) is 88.4 cm³/mol. The number of imide groups is 1. The molecular weight excluding hydrogens is 326 g/mol. The minimum Gasteiger partial charge on any atom is -0.326 e. The van der Waals surface area contributed by atoms with Crippen molar-refractivity contribution in [1.82, 2.24) is 4.90 Å². The summed E-state index contributed by atoms with van der Waals surface area (Å²) in [5, 5.41) is 13.3. The van der Waals surface area contributed by atoms with Gasteiger partial charge in [0.2, 0.25) is 17.7 Å². The summed E-state index contributed by atoms with van der Waals surface area (Å²) in [5.74, 6) is -1.46. The molecular formula is C17H17N3O5.